The average molecular weight is 969 g/mol. The van der Waals surface area contributed by atoms with Gasteiger partial charge in [0.25, 0.3) is 0 Å². The smallest absolute Gasteiger partial charge is 0.0727 e. The van der Waals surface area contributed by atoms with Gasteiger partial charge in [-0.3, -0.25) is 0 Å². The minimum absolute atomic E-state index is 0.609. The third-order valence-electron chi connectivity index (χ3n) is 15.7. The molecule has 358 valence electrons. The van der Waals surface area contributed by atoms with Crippen molar-refractivity contribution in [3.8, 4) is 55.6 Å². The Morgan fingerprint density at radius 3 is 1.04 bits per heavy atom. The summed E-state index contributed by atoms with van der Waals surface area (Å²) >= 11 is 0. The van der Waals surface area contributed by atoms with E-state index in [2.05, 4.69) is 313 Å². The molecule has 0 fully saturated rings. The van der Waals surface area contributed by atoms with E-state index in [-0.39, 0.29) is 0 Å². The van der Waals surface area contributed by atoms with Crippen LogP contribution in [0, 0.1) is 0 Å². The average Bonchev–Trinajstić information content (AvgIpc) is 4.05. The fraction of sp³-hybridized carbons (Fsp3) is 0.0270. The Morgan fingerprint density at radius 2 is 0.592 bits per heavy atom. The number of allylic oxidation sites excluding steroid dienone is 5. The Labute approximate surface area is 445 Å². The molecular weight excluding hydrogens is 917 g/mol. The number of benzene rings is 11. The molecule has 3 aliphatic carbocycles. The second-order valence-corrected chi connectivity index (χ2v) is 19.9. The van der Waals surface area contributed by atoms with Gasteiger partial charge in [-0.25, -0.2) is 0 Å². The van der Waals surface area contributed by atoms with E-state index in [1.165, 1.54) is 89.0 Å². The van der Waals surface area contributed by atoms with Crippen LogP contribution in [0.15, 0.2) is 309 Å². The Hall–Kier alpha value is -9.76. The van der Waals surface area contributed by atoms with Gasteiger partial charge in [0.2, 0.25) is 0 Å². The fourth-order valence-corrected chi connectivity index (χ4v) is 12.2. The summed E-state index contributed by atoms with van der Waals surface area (Å²) in [5.74, 6) is 0. The van der Waals surface area contributed by atoms with Gasteiger partial charge in [0, 0.05) is 34.1 Å². The molecule has 11 aromatic rings. The maximum absolute atomic E-state index is 2.51. The summed E-state index contributed by atoms with van der Waals surface area (Å²) < 4.78 is 0. The molecule has 0 amide bonds. The zero-order valence-corrected chi connectivity index (χ0v) is 42.0. The first kappa shape index (κ1) is 44.9. The predicted molar refractivity (Wildman–Crippen MR) is 319 cm³/mol. The second-order valence-electron chi connectivity index (χ2n) is 19.9. The molecule has 76 heavy (non-hydrogen) atoms. The maximum Gasteiger partial charge on any atom is 0.0727 e. The Bertz CT molecular complexity index is 3930. The first-order valence-electron chi connectivity index (χ1n) is 26.4. The summed E-state index contributed by atoms with van der Waals surface area (Å²) in [6, 6.07) is 103. The van der Waals surface area contributed by atoms with Crippen LogP contribution in [0.1, 0.15) is 34.2 Å². The first-order chi connectivity index (χ1) is 37.7. The van der Waals surface area contributed by atoms with Crippen LogP contribution in [0.3, 0.4) is 0 Å². The highest BCUT2D eigenvalue weighted by Gasteiger charge is 2.52. The molecule has 0 radical (unpaired) electrons. The first-order valence-corrected chi connectivity index (χ1v) is 26.4. The highest BCUT2D eigenvalue weighted by molar-refractivity contribution is 5.97. The summed E-state index contributed by atoms with van der Waals surface area (Å²) in [5.41, 5.74) is 25.8. The zero-order chi connectivity index (χ0) is 50.4. The standard InChI is InChI=1S/C74H52N2/c1-5-18-52(19-6-1)56-26-17-27-60(39-32-56)75(61-40-33-57(34-41-61)53-20-7-2-8-21-53)64-46-48-68-66-28-13-15-30-70(66)74(72(68)50-64)71-31-16-14-29-67(71)69-49-47-65(51-73(69)74)76(62-42-35-58(36-43-62)54-22-9-3-10-23-54)63-44-37-59(38-45-63)55-24-11-4-12-25-55/h1-16,18-51H,17H2. The van der Waals surface area contributed by atoms with E-state index in [4.69, 9.17) is 0 Å². The van der Waals surface area contributed by atoms with E-state index in [9.17, 15) is 0 Å². The van der Waals surface area contributed by atoms with Crippen LogP contribution in [0.4, 0.5) is 28.4 Å². The number of hydrogen-bond acceptors (Lipinski definition) is 2. The molecule has 1 atom stereocenters. The van der Waals surface area contributed by atoms with Gasteiger partial charge in [-0.1, -0.05) is 237 Å². The van der Waals surface area contributed by atoms with Crippen LogP contribution in [0.5, 0.6) is 0 Å². The van der Waals surface area contributed by atoms with E-state index in [1.807, 2.05) is 0 Å². The molecule has 0 saturated carbocycles. The van der Waals surface area contributed by atoms with Crippen molar-refractivity contribution in [1.82, 2.24) is 0 Å². The summed E-state index contributed by atoms with van der Waals surface area (Å²) in [6.45, 7) is 0. The monoisotopic (exact) mass is 968 g/mol. The van der Waals surface area contributed by atoms with Gasteiger partial charge in [0.1, 0.15) is 0 Å². The van der Waals surface area contributed by atoms with Crippen LogP contribution in [0.25, 0.3) is 61.2 Å². The lowest BCUT2D eigenvalue weighted by molar-refractivity contribution is 0.793. The normalized spacial score (nSPS) is 14.7. The molecule has 1 unspecified atom stereocenters. The van der Waals surface area contributed by atoms with Crippen molar-refractivity contribution in [2.24, 2.45) is 0 Å². The quantitative estimate of drug-likeness (QED) is 0.135. The highest BCUT2D eigenvalue weighted by Crippen LogP contribution is 2.64. The highest BCUT2D eigenvalue weighted by atomic mass is 15.2. The molecular formula is C74H52N2. The molecule has 14 rings (SSSR count). The summed E-state index contributed by atoms with van der Waals surface area (Å²) in [4.78, 5) is 4.89. The lowest BCUT2D eigenvalue weighted by Crippen LogP contribution is -2.26. The number of rotatable bonds is 10. The topological polar surface area (TPSA) is 6.48 Å². The molecule has 1 spiro atoms. The molecule has 2 heteroatoms. The van der Waals surface area contributed by atoms with Crippen LogP contribution >= 0.6 is 0 Å². The van der Waals surface area contributed by atoms with Crippen LogP contribution in [-0.4, -0.2) is 0 Å². The van der Waals surface area contributed by atoms with E-state index < -0.39 is 5.41 Å². The van der Waals surface area contributed by atoms with Crippen LogP contribution in [-0.2, 0) is 5.41 Å². The predicted octanol–water partition coefficient (Wildman–Crippen LogP) is 19.6. The third-order valence-corrected chi connectivity index (χ3v) is 15.7. The lowest BCUT2D eigenvalue weighted by Gasteiger charge is -2.33. The molecule has 0 saturated heterocycles. The minimum atomic E-state index is -0.609. The van der Waals surface area contributed by atoms with E-state index in [0.29, 0.717) is 0 Å². The van der Waals surface area contributed by atoms with Crippen molar-refractivity contribution in [3.05, 3.63) is 337 Å². The largest absolute Gasteiger partial charge is 0.311 e. The van der Waals surface area contributed by atoms with E-state index >= 15 is 0 Å². The van der Waals surface area contributed by atoms with Crippen molar-refractivity contribution >= 4 is 34.0 Å². The van der Waals surface area contributed by atoms with Crippen LogP contribution in [0.2, 0.25) is 0 Å². The molecule has 2 nitrogen and oxygen atoms in total. The molecule has 11 aromatic carbocycles. The van der Waals surface area contributed by atoms with E-state index in [0.717, 1.165) is 40.6 Å². The van der Waals surface area contributed by atoms with Gasteiger partial charge >= 0.3 is 0 Å². The van der Waals surface area contributed by atoms with E-state index in [1.54, 1.807) is 0 Å². The molecule has 0 N–H and O–H groups in total. The minimum Gasteiger partial charge on any atom is -0.311 e. The van der Waals surface area contributed by atoms with Gasteiger partial charge in [-0.15, -0.1) is 0 Å². The SMILES string of the molecule is C1=CC(N(c2ccc(-c3ccccc3)cc2)c2ccc3c(c2)C2(c4ccccc4-3)c3ccccc3-c3ccc(N(c4ccc(-c5ccccc5)cc4)c4ccc(-c5ccccc5)cc4)cc32)=CCC=C1c1ccccc1. The van der Waals surface area contributed by atoms with Gasteiger partial charge in [0.05, 0.1) is 5.41 Å². The van der Waals surface area contributed by atoms with Gasteiger partial charge < -0.3 is 9.80 Å². The Morgan fingerprint density at radius 1 is 0.250 bits per heavy atom. The number of nitrogens with zero attached hydrogens (tertiary/aromatic N) is 2. The number of hydrogen-bond donors (Lipinski definition) is 0. The van der Waals surface area contributed by atoms with Gasteiger partial charge in [-0.2, -0.15) is 0 Å². The van der Waals surface area contributed by atoms with Gasteiger partial charge in [-0.05, 0) is 162 Å². The molecule has 0 heterocycles. The fourth-order valence-electron chi connectivity index (χ4n) is 12.2. The van der Waals surface area contributed by atoms with Gasteiger partial charge in [0.15, 0.2) is 0 Å². The van der Waals surface area contributed by atoms with Crippen LogP contribution < -0.4 is 9.80 Å². The van der Waals surface area contributed by atoms with Crippen molar-refractivity contribution < 1.29 is 0 Å². The van der Waals surface area contributed by atoms with Crippen molar-refractivity contribution in [2.75, 3.05) is 9.80 Å². The molecule has 0 aliphatic heterocycles. The summed E-state index contributed by atoms with van der Waals surface area (Å²) in [7, 11) is 0. The van der Waals surface area contributed by atoms with Crippen molar-refractivity contribution in [2.45, 2.75) is 11.8 Å². The third kappa shape index (κ3) is 7.65. The summed E-state index contributed by atoms with van der Waals surface area (Å²) in [5, 5.41) is 0. The van der Waals surface area contributed by atoms with Crippen molar-refractivity contribution in [1.29, 1.82) is 0 Å². The zero-order valence-electron chi connectivity index (χ0n) is 42.0. The van der Waals surface area contributed by atoms with Crippen molar-refractivity contribution in [3.63, 3.8) is 0 Å². The number of fused-ring (bicyclic) bond motifs is 10. The molecule has 3 aliphatic rings. The lowest BCUT2D eigenvalue weighted by atomic mass is 9.70. The Kier molecular flexibility index (Phi) is 11.2. The second kappa shape index (κ2) is 18.9. The molecule has 0 bridgehead atoms. The number of anilines is 5. The maximum atomic E-state index is 2.51. The summed E-state index contributed by atoms with van der Waals surface area (Å²) in [6.07, 6.45) is 10.1. The molecule has 0 aromatic heterocycles. The Balaban J connectivity index is 0.950.